The third-order valence-corrected chi connectivity index (χ3v) is 9.41. The SMILES string of the molecule is CCC(=O)[C@@H]1C[C@H]2CN1C(=O)Cn1nc(C(C)=O)c3cc(-c4cnc(C)nc4)cc(c31)CCCCCCC(=O)CC2(C)C. The van der Waals surface area contributed by atoms with E-state index in [2.05, 4.69) is 29.9 Å². The van der Waals surface area contributed by atoms with Crippen molar-refractivity contribution in [3.8, 4) is 11.1 Å². The lowest BCUT2D eigenvalue weighted by atomic mass is 9.73. The van der Waals surface area contributed by atoms with Crippen LogP contribution in [-0.2, 0) is 27.3 Å². The quantitative estimate of drug-likeness (QED) is 0.361. The van der Waals surface area contributed by atoms with Gasteiger partial charge in [-0.3, -0.25) is 23.9 Å². The van der Waals surface area contributed by atoms with Crippen LogP contribution in [0.4, 0.5) is 0 Å². The molecule has 2 atom stereocenters. The zero-order valence-corrected chi connectivity index (χ0v) is 26.1. The minimum Gasteiger partial charge on any atom is -0.331 e. The first-order chi connectivity index (χ1) is 20.5. The van der Waals surface area contributed by atoms with Crippen LogP contribution in [0.5, 0.6) is 0 Å². The lowest BCUT2D eigenvalue weighted by Crippen LogP contribution is -2.42. The highest BCUT2D eigenvalue weighted by Crippen LogP contribution is 2.41. The number of ketones is 3. The molecule has 1 saturated heterocycles. The van der Waals surface area contributed by atoms with Gasteiger partial charge in [-0.05, 0) is 67.2 Å². The number of carbonyl (C=O) groups excluding carboxylic acids is 4. The normalized spacial score (nSPS) is 21.7. The number of Topliss-reactive ketones (excluding diaryl/α,β-unsaturated/α-hetero) is 3. The van der Waals surface area contributed by atoms with Crippen LogP contribution in [0.15, 0.2) is 24.5 Å². The molecule has 0 spiro atoms. The number of carbonyl (C=O) groups is 4. The van der Waals surface area contributed by atoms with Crippen molar-refractivity contribution in [3.63, 3.8) is 0 Å². The van der Waals surface area contributed by atoms with Crippen LogP contribution in [0.1, 0.15) is 101 Å². The molecule has 3 aromatic rings. The fourth-order valence-corrected chi connectivity index (χ4v) is 6.85. The first-order valence-corrected chi connectivity index (χ1v) is 15.7. The minimum atomic E-state index is -0.516. The summed E-state index contributed by atoms with van der Waals surface area (Å²) in [7, 11) is 0. The Morgan fingerprint density at radius 3 is 2.37 bits per heavy atom. The topological polar surface area (TPSA) is 115 Å². The molecule has 228 valence electrons. The van der Waals surface area contributed by atoms with Gasteiger partial charge in [-0.25, -0.2) is 9.97 Å². The van der Waals surface area contributed by atoms with Crippen molar-refractivity contribution in [2.45, 2.75) is 105 Å². The van der Waals surface area contributed by atoms with Crippen molar-refractivity contribution < 1.29 is 19.2 Å². The van der Waals surface area contributed by atoms with Crippen LogP contribution in [0.3, 0.4) is 0 Å². The summed E-state index contributed by atoms with van der Waals surface area (Å²) in [4.78, 5) is 63.4. The van der Waals surface area contributed by atoms with Crippen LogP contribution in [0.2, 0.25) is 0 Å². The highest BCUT2D eigenvalue weighted by atomic mass is 16.2. The van der Waals surface area contributed by atoms with Gasteiger partial charge < -0.3 is 4.90 Å². The summed E-state index contributed by atoms with van der Waals surface area (Å²) < 4.78 is 1.67. The van der Waals surface area contributed by atoms with E-state index < -0.39 is 6.04 Å². The van der Waals surface area contributed by atoms with E-state index in [1.165, 1.54) is 6.92 Å². The first kappa shape index (κ1) is 30.7. The van der Waals surface area contributed by atoms with E-state index in [1.54, 1.807) is 22.0 Å². The number of nitrogens with zero attached hydrogens (tertiary/aromatic N) is 5. The van der Waals surface area contributed by atoms with Crippen molar-refractivity contribution in [1.29, 1.82) is 0 Å². The number of amides is 1. The Morgan fingerprint density at radius 2 is 1.70 bits per heavy atom. The molecule has 5 rings (SSSR count). The predicted octanol–water partition coefficient (Wildman–Crippen LogP) is 5.69. The molecule has 43 heavy (non-hydrogen) atoms. The van der Waals surface area contributed by atoms with Crippen LogP contribution < -0.4 is 0 Å². The molecule has 2 aromatic heterocycles. The molecule has 0 N–H and O–H groups in total. The van der Waals surface area contributed by atoms with Crippen LogP contribution in [0, 0.1) is 18.3 Å². The molecule has 0 radical (unpaired) electrons. The summed E-state index contributed by atoms with van der Waals surface area (Å²) in [6.07, 6.45) is 9.89. The summed E-state index contributed by atoms with van der Waals surface area (Å²) in [5, 5.41) is 5.41. The number of rotatable bonds is 4. The number of aryl methyl sites for hydroxylation is 2. The molecule has 0 unspecified atom stereocenters. The largest absolute Gasteiger partial charge is 0.331 e. The maximum absolute atomic E-state index is 14.0. The standard InChI is InChI=1S/C34H43N5O4/c1-6-30(42)29-15-26-19-38(29)31(43)20-39-33-23(11-9-7-8-10-12-27(41)16-34(26,4)5)13-24(25-17-35-22(3)36-18-25)14-28(33)32(37-39)21(2)40/h13-14,17-18,26,29H,6-12,15-16,19-20H2,1-5H3/t26-,29-/m0/s1. The lowest BCUT2D eigenvalue weighted by Gasteiger charge is -2.31. The smallest absolute Gasteiger partial charge is 0.244 e. The van der Waals surface area contributed by atoms with E-state index >= 15 is 0 Å². The van der Waals surface area contributed by atoms with Gasteiger partial charge in [0.05, 0.1) is 11.6 Å². The molecule has 2 aliphatic rings. The molecule has 9 heteroatoms. The molecule has 4 heterocycles. The molecular weight excluding hydrogens is 542 g/mol. The van der Waals surface area contributed by atoms with Crippen molar-refractivity contribution in [2.24, 2.45) is 11.3 Å². The molecule has 2 bridgehead atoms. The second-order valence-corrected chi connectivity index (χ2v) is 13.0. The first-order valence-electron chi connectivity index (χ1n) is 15.7. The number of hydrogen-bond acceptors (Lipinski definition) is 7. The molecule has 1 fully saturated rings. The Balaban J connectivity index is 1.61. The van der Waals surface area contributed by atoms with Gasteiger partial charge in [0.1, 0.15) is 23.8 Å². The van der Waals surface area contributed by atoms with Gasteiger partial charge in [0.15, 0.2) is 11.6 Å². The maximum atomic E-state index is 14.0. The Kier molecular flexibility index (Phi) is 8.90. The summed E-state index contributed by atoms with van der Waals surface area (Å²) >= 11 is 0. The van der Waals surface area contributed by atoms with Crippen molar-refractivity contribution in [2.75, 3.05) is 6.54 Å². The van der Waals surface area contributed by atoms with E-state index in [1.807, 2.05) is 19.9 Å². The average Bonchev–Trinajstić information content (AvgIpc) is 3.57. The molecule has 0 aliphatic carbocycles. The zero-order valence-electron chi connectivity index (χ0n) is 26.1. The lowest BCUT2D eigenvalue weighted by molar-refractivity contribution is -0.138. The number of fused-ring (bicyclic) bond motifs is 2. The molecule has 9 nitrogen and oxygen atoms in total. The molecule has 1 amide bonds. The van der Waals surface area contributed by atoms with Crippen molar-refractivity contribution >= 4 is 34.2 Å². The van der Waals surface area contributed by atoms with Crippen LogP contribution >= 0.6 is 0 Å². The van der Waals surface area contributed by atoms with Gasteiger partial charge in [-0.2, -0.15) is 5.10 Å². The fourth-order valence-electron chi connectivity index (χ4n) is 6.85. The van der Waals surface area contributed by atoms with E-state index in [0.717, 1.165) is 54.3 Å². The number of hydrogen-bond donors (Lipinski definition) is 0. The fraction of sp³-hybridized carbons (Fsp3) is 0.559. The third-order valence-electron chi connectivity index (χ3n) is 9.41. The summed E-state index contributed by atoms with van der Waals surface area (Å²) in [6.45, 7) is 9.71. The maximum Gasteiger partial charge on any atom is 0.244 e. The number of aromatic nitrogens is 4. The molecule has 0 saturated carbocycles. The Labute approximate surface area is 253 Å². The Bertz CT molecular complexity index is 1550. The summed E-state index contributed by atoms with van der Waals surface area (Å²) in [5.41, 5.74) is 3.53. The predicted molar refractivity (Wildman–Crippen MR) is 165 cm³/mol. The van der Waals surface area contributed by atoms with Gasteiger partial charge in [0, 0.05) is 56.1 Å². The Morgan fingerprint density at radius 1 is 1.00 bits per heavy atom. The van der Waals surface area contributed by atoms with Crippen LogP contribution in [-0.4, -0.2) is 60.5 Å². The third kappa shape index (κ3) is 6.45. The van der Waals surface area contributed by atoms with Crippen molar-refractivity contribution in [1.82, 2.24) is 24.6 Å². The van der Waals surface area contributed by atoms with Gasteiger partial charge >= 0.3 is 0 Å². The molecule has 1 aromatic carbocycles. The van der Waals surface area contributed by atoms with E-state index in [0.29, 0.717) is 49.1 Å². The van der Waals surface area contributed by atoms with E-state index in [4.69, 9.17) is 5.10 Å². The van der Waals surface area contributed by atoms with Crippen LogP contribution in [0.25, 0.3) is 22.0 Å². The average molecular weight is 586 g/mol. The van der Waals surface area contributed by atoms with Gasteiger partial charge in [0.25, 0.3) is 0 Å². The van der Waals surface area contributed by atoms with Gasteiger partial charge in [0.2, 0.25) is 5.91 Å². The Hall–Kier alpha value is -3.75. The van der Waals surface area contributed by atoms with Gasteiger partial charge in [-0.1, -0.05) is 33.6 Å². The van der Waals surface area contributed by atoms with Crippen molar-refractivity contribution in [3.05, 3.63) is 41.6 Å². The second-order valence-electron chi connectivity index (χ2n) is 13.0. The minimum absolute atomic E-state index is 0.0350. The molecule has 2 aliphatic heterocycles. The monoisotopic (exact) mass is 585 g/mol. The highest BCUT2D eigenvalue weighted by molar-refractivity contribution is 6.07. The number of benzene rings is 1. The van der Waals surface area contributed by atoms with E-state index in [-0.39, 0.29) is 41.1 Å². The summed E-state index contributed by atoms with van der Waals surface area (Å²) in [5.74, 6) is 0.636. The molecular formula is C34H43N5O4. The zero-order chi connectivity index (χ0) is 30.9. The van der Waals surface area contributed by atoms with Gasteiger partial charge in [-0.15, -0.1) is 0 Å². The highest BCUT2D eigenvalue weighted by Gasteiger charge is 2.45. The summed E-state index contributed by atoms with van der Waals surface area (Å²) in [6, 6.07) is 3.53. The second kappa shape index (κ2) is 12.5. The van der Waals surface area contributed by atoms with E-state index in [9.17, 15) is 19.2 Å².